The predicted octanol–water partition coefficient (Wildman–Crippen LogP) is 3.71. The number of aromatic nitrogens is 2. The summed E-state index contributed by atoms with van der Waals surface area (Å²) in [5.41, 5.74) is 0.494. The Bertz CT molecular complexity index is 474. The lowest BCUT2D eigenvalue weighted by molar-refractivity contribution is 0.630. The fourth-order valence-corrected chi connectivity index (χ4v) is 2.61. The molecule has 0 saturated heterocycles. The van der Waals surface area contributed by atoms with E-state index in [2.05, 4.69) is 25.3 Å². The van der Waals surface area contributed by atoms with Crippen LogP contribution in [0.4, 0.5) is 4.39 Å². The van der Waals surface area contributed by atoms with Crippen molar-refractivity contribution in [1.29, 1.82) is 0 Å². The molecular formula is C8H3BrFIN2S. The van der Waals surface area contributed by atoms with E-state index < -0.39 is 0 Å². The highest BCUT2D eigenvalue weighted by atomic mass is 127. The van der Waals surface area contributed by atoms with E-state index in [1.165, 1.54) is 17.6 Å². The average molecular weight is 385 g/mol. The third-order valence-corrected chi connectivity index (χ3v) is 3.61. The molecule has 72 valence electrons. The van der Waals surface area contributed by atoms with Gasteiger partial charge in [0.1, 0.15) is 10.8 Å². The van der Waals surface area contributed by atoms with Crippen molar-refractivity contribution in [2.24, 2.45) is 0 Å². The van der Waals surface area contributed by atoms with Crippen molar-refractivity contribution in [3.05, 3.63) is 32.3 Å². The van der Waals surface area contributed by atoms with E-state index in [1.807, 2.05) is 22.6 Å². The van der Waals surface area contributed by atoms with E-state index in [0.29, 0.717) is 14.4 Å². The molecule has 0 atom stereocenters. The summed E-state index contributed by atoms with van der Waals surface area (Å²) in [5.74, 6) is -0.285. The summed E-state index contributed by atoms with van der Waals surface area (Å²) >= 11 is 6.40. The fourth-order valence-electron chi connectivity index (χ4n) is 0.978. The van der Waals surface area contributed by atoms with Gasteiger partial charge >= 0.3 is 0 Å². The highest BCUT2D eigenvalue weighted by Gasteiger charge is 2.09. The van der Waals surface area contributed by atoms with Crippen LogP contribution in [-0.4, -0.2) is 9.36 Å². The Morgan fingerprint density at radius 2 is 2.21 bits per heavy atom. The summed E-state index contributed by atoms with van der Waals surface area (Å²) in [7, 11) is 0. The molecule has 6 heteroatoms. The van der Waals surface area contributed by atoms with Gasteiger partial charge in [0.05, 0.1) is 0 Å². The highest BCUT2D eigenvalue weighted by Crippen LogP contribution is 2.26. The number of hydrogen-bond acceptors (Lipinski definition) is 3. The second-order valence-corrected chi connectivity index (χ2v) is 5.13. The fraction of sp³-hybridized carbons (Fsp3) is 0. The zero-order valence-corrected chi connectivity index (χ0v) is 11.2. The SMILES string of the molecule is Fc1cc(Br)ccc1-c1nc(I)ns1. The molecule has 2 aromatic rings. The highest BCUT2D eigenvalue weighted by molar-refractivity contribution is 14.1. The quantitative estimate of drug-likeness (QED) is 0.700. The standard InChI is InChI=1S/C8H3BrFIN2S/c9-4-1-2-5(6(10)3-4)7-12-8(11)13-14-7/h1-3H. The molecule has 0 aliphatic heterocycles. The van der Waals surface area contributed by atoms with Gasteiger partial charge in [0.25, 0.3) is 0 Å². The number of rotatable bonds is 1. The van der Waals surface area contributed by atoms with Gasteiger partial charge in [-0.1, -0.05) is 15.9 Å². The summed E-state index contributed by atoms with van der Waals surface area (Å²) in [4.78, 5) is 4.11. The van der Waals surface area contributed by atoms with Gasteiger partial charge in [0, 0.05) is 32.6 Å². The lowest BCUT2D eigenvalue weighted by Crippen LogP contribution is -1.83. The molecule has 0 spiro atoms. The third kappa shape index (κ3) is 2.12. The van der Waals surface area contributed by atoms with Crippen molar-refractivity contribution in [2.45, 2.75) is 0 Å². The molecule has 0 saturated carbocycles. The summed E-state index contributed by atoms with van der Waals surface area (Å²) in [5, 5.41) is 0.611. The van der Waals surface area contributed by atoms with Gasteiger partial charge in [0.15, 0.2) is 0 Å². The van der Waals surface area contributed by atoms with Crippen molar-refractivity contribution in [2.75, 3.05) is 0 Å². The van der Waals surface area contributed by atoms with E-state index in [1.54, 1.807) is 12.1 Å². The lowest BCUT2D eigenvalue weighted by Gasteiger charge is -1.97. The molecule has 0 amide bonds. The van der Waals surface area contributed by atoms with Crippen LogP contribution in [0.1, 0.15) is 0 Å². The summed E-state index contributed by atoms with van der Waals surface area (Å²) < 4.78 is 18.8. The van der Waals surface area contributed by atoms with E-state index in [-0.39, 0.29) is 5.82 Å². The van der Waals surface area contributed by atoms with Gasteiger partial charge in [-0.15, -0.1) is 0 Å². The molecule has 14 heavy (non-hydrogen) atoms. The first-order chi connectivity index (χ1) is 6.66. The zero-order chi connectivity index (χ0) is 10.1. The Morgan fingerprint density at radius 1 is 1.43 bits per heavy atom. The third-order valence-electron chi connectivity index (χ3n) is 1.56. The Kier molecular flexibility index (Phi) is 3.13. The molecule has 0 radical (unpaired) electrons. The van der Waals surface area contributed by atoms with Crippen molar-refractivity contribution in [1.82, 2.24) is 9.36 Å². The maximum Gasteiger partial charge on any atom is 0.203 e. The zero-order valence-electron chi connectivity index (χ0n) is 6.67. The first kappa shape index (κ1) is 10.4. The van der Waals surface area contributed by atoms with Gasteiger partial charge < -0.3 is 0 Å². The van der Waals surface area contributed by atoms with Crippen LogP contribution >= 0.6 is 50.1 Å². The van der Waals surface area contributed by atoms with Crippen LogP contribution in [-0.2, 0) is 0 Å². The second-order valence-electron chi connectivity index (χ2n) is 2.49. The van der Waals surface area contributed by atoms with E-state index >= 15 is 0 Å². The van der Waals surface area contributed by atoms with Crippen LogP contribution in [0.25, 0.3) is 10.6 Å². The first-order valence-corrected chi connectivity index (χ1v) is 6.26. The van der Waals surface area contributed by atoms with Gasteiger partial charge in [-0.05, 0) is 29.7 Å². The molecule has 2 nitrogen and oxygen atoms in total. The molecule has 0 aliphatic carbocycles. The first-order valence-electron chi connectivity index (χ1n) is 3.61. The largest absolute Gasteiger partial charge is 0.209 e. The van der Waals surface area contributed by atoms with Gasteiger partial charge in [-0.3, -0.25) is 0 Å². The van der Waals surface area contributed by atoms with E-state index in [9.17, 15) is 4.39 Å². The number of benzene rings is 1. The second kappa shape index (κ2) is 4.19. The maximum absolute atomic E-state index is 13.5. The Hall–Kier alpha value is -0.0800. The smallest absolute Gasteiger partial charge is 0.203 e. The molecule has 0 aliphatic rings. The number of hydrogen-bond donors (Lipinski definition) is 0. The monoisotopic (exact) mass is 384 g/mol. The summed E-state index contributed by atoms with van der Waals surface area (Å²) in [6.07, 6.45) is 0. The van der Waals surface area contributed by atoms with Crippen LogP contribution in [0.5, 0.6) is 0 Å². The topological polar surface area (TPSA) is 25.8 Å². The molecule has 0 bridgehead atoms. The Labute approximate surface area is 106 Å². The normalized spacial score (nSPS) is 10.5. The number of halogens is 3. The van der Waals surface area contributed by atoms with Crippen molar-refractivity contribution < 1.29 is 4.39 Å². The van der Waals surface area contributed by atoms with E-state index in [4.69, 9.17) is 0 Å². The van der Waals surface area contributed by atoms with Crippen molar-refractivity contribution in [3.8, 4) is 10.6 Å². The van der Waals surface area contributed by atoms with Gasteiger partial charge in [0.2, 0.25) is 3.83 Å². The summed E-state index contributed by atoms with van der Waals surface area (Å²) in [6, 6.07) is 4.90. The maximum atomic E-state index is 13.5. The molecule has 1 heterocycles. The van der Waals surface area contributed by atoms with Crippen LogP contribution < -0.4 is 0 Å². The molecule has 1 aromatic carbocycles. The summed E-state index contributed by atoms with van der Waals surface area (Å²) in [6.45, 7) is 0. The Morgan fingerprint density at radius 3 is 2.79 bits per heavy atom. The molecule has 1 aromatic heterocycles. The van der Waals surface area contributed by atoms with Crippen molar-refractivity contribution in [3.63, 3.8) is 0 Å². The van der Waals surface area contributed by atoms with Crippen LogP contribution in [0.15, 0.2) is 22.7 Å². The van der Waals surface area contributed by atoms with Gasteiger partial charge in [-0.2, -0.15) is 4.37 Å². The van der Waals surface area contributed by atoms with Crippen LogP contribution in [0, 0.1) is 9.65 Å². The lowest BCUT2D eigenvalue weighted by atomic mass is 10.2. The Balaban J connectivity index is 2.52. The van der Waals surface area contributed by atoms with Crippen LogP contribution in [0.2, 0.25) is 0 Å². The van der Waals surface area contributed by atoms with Crippen LogP contribution in [0.3, 0.4) is 0 Å². The average Bonchev–Trinajstić information content (AvgIpc) is 2.51. The molecular weight excluding hydrogens is 382 g/mol. The minimum atomic E-state index is -0.285. The molecule has 0 unspecified atom stereocenters. The number of nitrogens with zero attached hydrogens (tertiary/aromatic N) is 2. The minimum Gasteiger partial charge on any atom is -0.209 e. The van der Waals surface area contributed by atoms with Crippen molar-refractivity contribution >= 4 is 50.1 Å². The van der Waals surface area contributed by atoms with Gasteiger partial charge in [-0.25, -0.2) is 9.37 Å². The molecule has 2 rings (SSSR count). The molecule has 0 N–H and O–H groups in total. The predicted molar refractivity (Wildman–Crippen MR) is 65.7 cm³/mol. The van der Waals surface area contributed by atoms with E-state index in [0.717, 1.165) is 4.47 Å². The molecule has 0 fully saturated rings. The minimum absolute atomic E-state index is 0.285.